The van der Waals surface area contributed by atoms with E-state index in [0.29, 0.717) is 0 Å². The maximum Gasteiger partial charge on any atom is 0.0565 e. The van der Waals surface area contributed by atoms with Crippen molar-refractivity contribution in [1.82, 2.24) is 0 Å². The molecular formula is C8H18OS2. The SMILES string of the molecule is CCCOCCSSCCC. The van der Waals surface area contributed by atoms with Gasteiger partial charge < -0.3 is 4.74 Å². The summed E-state index contributed by atoms with van der Waals surface area (Å²) >= 11 is 0. The smallest absolute Gasteiger partial charge is 0.0565 e. The summed E-state index contributed by atoms with van der Waals surface area (Å²) in [6, 6.07) is 0. The highest BCUT2D eigenvalue weighted by Crippen LogP contribution is 2.20. The van der Waals surface area contributed by atoms with Crippen LogP contribution in [0.25, 0.3) is 0 Å². The molecule has 0 rings (SSSR count). The first-order valence-corrected chi connectivity index (χ1v) is 6.72. The molecule has 0 amide bonds. The van der Waals surface area contributed by atoms with Crippen LogP contribution in [0.5, 0.6) is 0 Å². The van der Waals surface area contributed by atoms with E-state index in [2.05, 4.69) is 13.8 Å². The van der Waals surface area contributed by atoms with E-state index in [1.165, 1.54) is 12.2 Å². The van der Waals surface area contributed by atoms with E-state index in [-0.39, 0.29) is 0 Å². The zero-order valence-corrected chi connectivity index (χ0v) is 9.10. The first-order valence-electron chi connectivity index (χ1n) is 4.24. The highest BCUT2D eigenvalue weighted by Gasteiger charge is 1.88. The predicted octanol–water partition coefficient (Wildman–Crippen LogP) is 3.20. The van der Waals surface area contributed by atoms with Crippen LogP contribution in [0.1, 0.15) is 26.7 Å². The van der Waals surface area contributed by atoms with E-state index >= 15 is 0 Å². The second-order valence-corrected chi connectivity index (χ2v) is 4.96. The Balaban J connectivity index is 2.69. The molecule has 0 N–H and O–H groups in total. The van der Waals surface area contributed by atoms with Crippen molar-refractivity contribution in [2.45, 2.75) is 26.7 Å². The van der Waals surface area contributed by atoms with Crippen molar-refractivity contribution in [2.24, 2.45) is 0 Å². The van der Waals surface area contributed by atoms with Crippen LogP contribution < -0.4 is 0 Å². The summed E-state index contributed by atoms with van der Waals surface area (Å²) < 4.78 is 5.33. The molecule has 0 aliphatic rings. The van der Waals surface area contributed by atoms with Crippen molar-refractivity contribution < 1.29 is 4.74 Å². The molecule has 0 fully saturated rings. The highest BCUT2D eigenvalue weighted by atomic mass is 33.1. The van der Waals surface area contributed by atoms with Crippen LogP contribution in [-0.4, -0.2) is 24.7 Å². The Hall–Kier alpha value is 0.660. The Bertz CT molecular complexity index is 61.1. The van der Waals surface area contributed by atoms with Crippen molar-refractivity contribution >= 4 is 21.6 Å². The number of ether oxygens (including phenoxy) is 1. The largest absolute Gasteiger partial charge is 0.381 e. The number of hydrogen-bond donors (Lipinski definition) is 0. The fraction of sp³-hybridized carbons (Fsp3) is 1.00. The topological polar surface area (TPSA) is 9.23 Å². The molecule has 3 heteroatoms. The lowest BCUT2D eigenvalue weighted by molar-refractivity contribution is 0.151. The summed E-state index contributed by atoms with van der Waals surface area (Å²) in [5.74, 6) is 2.39. The molecule has 0 aromatic rings. The normalized spacial score (nSPS) is 10.4. The summed E-state index contributed by atoms with van der Waals surface area (Å²) in [7, 11) is 3.87. The van der Waals surface area contributed by atoms with Crippen molar-refractivity contribution in [2.75, 3.05) is 24.7 Å². The van der Waals surface area contributed by atoms with Gasteiger partial charge in [0, 0.05) is 18.1 Å². The van der Waals surface area contributed by atoms with Gasteiger partial charge >= 0.3 is 0 Å². The van der Waals surface area contributed by atoms with E-state index in [0.717, 1.165) is 25.4 Å². The average molecular weight is 194 g/mol. The van der Waals surface area contributed by atoms with E-state index in [1.54, 1.807) is 0 Å². The van der Waals surface area contributed by atoms with Crippen LogP contribution in [0.2, 0.25) is 0 Å². The Morgan fingerprint density at radius 2 is 1.64 bits per heavy atom. The third kappa shape index (κ3) is 10.7. The van der Waals surface area contributed by atoms with Gasteiger partial charge in [0.15, 0.2) is 0 Å². The van der Waals surface area contributed by atoms with Gasteiger partial charge in [-0.1, -0.05) is 35.4 Å². The zero-order valence-electron chi connectivity index (χ0n) is 7.47. The molecule has 0 unspecified atom stereocenters. The van der Waals surface area contributed by atoms with Gasteiger partial charge in [-0.25, -0.2) is 0 Å². The Labute approximate surface area is 78.1 Å². The number of hydrogen-bond acceptors (Lipinski definition) is 3. The summed E-state index contributed by atoms with van der Waals surface area (Å²) in [5, 5.41) is 0. The molecule has 0 saturated carbocycles. The van der Waals surface area contributed by atoms with Crippen LogP contribution in [-0.2, 0) is 4.74 Å². The van der Waals surface area contributed by atoms with E-state index in [9.17, 15) is 0 Å². The van der Waals surface area contributed by atoms with Crippen LogP contribution >= 0.6 is 21.6 Å². The van der Waals surface area contributed by atoms with Gasteiger partial charge in [-0.2, -0.15) is 0 Å². The molecule has 0 saturated heterocycles. The summed E-state index contributed by atoms with van der Waals surface area (Å²) in [6.07, 6.45) is 2.40. The maximum absolute atomic E-state index is 5.33. The predicted molar refractivity (Wildman–Crippen MR) is 56.3 cm³/mol. The molecule has 0 radical (unpaired) electrons. The van der Waals surface area contributed by atoms with Gasteiger partial charge in [0.05, 0.1) is 6.61 Å². The minimum Gasteiger partial charge on any atom is -0.381 e. The fourth-order valence-electron chi connectivity index (χ4n) is 0.541. The molecule has 0 aliphatic carbocycles. The van der Waals surface area contributed by atoms with E-state index in [1.807, 2.05) is 21.6 Å². The van der Waals surface area contributed by atoms with E-state index in [4.69, 9.17) is 4.74 Å². The van der Waals surface area contributed by atoms with Gasteiger partial charge in [-0.15, -0.1) is 0 Å². The van der Waals surface area contributed by atoms with Gasteiger partial charge in [-0.05, 0) is 12.8 Å². The Morgan fingerprint density at radius 3 is 2.27 bits per heavy atom. The van der Waals surface area contributed by atoms with Gasteiger partial charge in [0.2, 0.25) is 0 Å². The minimum absolute atomic E-state index is 0.912. The molecule has 0 bridgehead atoms. The monoisotopic (exact) mass is 194 g/mol. The first-order chi connectivity index (χ1) is 5.41. The van der Waals surface area contributed by atoms with Crippen molar-refractivity contribution in [1.29, 1.82) is 0 Å². The average Bonchev–Trinajstić information content (AvgIpc) is 2.03. The lowest BCUT2D eigenvalue weighted by Gasteiger charge is -2.00. The molecule has 0 aromatic heterocycles. The maximum atomic E-state index is 5.33. The van der Waals surface area contributed by atoms with Crippen LogP contribution in [0.15, 0.2) is 0 Å². The first kappa shape index (κ1) is 11.7. The summed E-state index contributed by atoms with van der Waals surface area (Å²) in [6.45, 7) is 6.17. The highest BCUT2D eigenvalue weighted by molar-refractivity contribution is 8.76. The zero-order chi connectivity index (χ0) is 8.36. The quantitative estimate of drug-likeness (QED) is 0.434. The molecule has 0 spiro atoms. The third-order valence-corrected chi connectivity index (χ3v) is 3.61. The van der Waals surface area contributed by atoms with Crippen molar-refractivity contribution in [3.05, 3.63) is 0 Å². The fourth-order valence-corrected chi connectivity index (χ4v) is 2.54. The summed E-state index contributed by atoms with van der Waals surface area (Å²) in [5.41, 5.74) is 0. The Morgan fingerprint density at radius 1 is 0.909 bits per heavy atom. The molecule has 68 valence electrons. The molecule has 11 heavy (non-hydrogen) atoms. The molecular weight excluding hydrogens is 176 g/mol. The van der Waals surface area contributed by atoms with Crippen LogP contribution in [0.3, 0.4) is 0 Å². The van der Waals surface area contributed by atoms with Crippen LogP contribution in [0, 0.1) is 0 Å². The van der Waals surface area contributed by atoms with Gasteiger partial charge in [0.25, 0.3) is 0 Å². The molecule has 0 atom stereocenters. The third-order valence-electron chi connectivity index (χ3n) is 1.03. The Kier molecular flexibility index (Phi) is 11.3. The molecule has 0 aromatic carbocycles. The summed E-state index contributed by atoms with van der Waals surface area (Å²) in [4.78, 5) is 0. The van der Waals surface area contributed by atoms with E-state index < -0.39 is 0 Å². The second-order valence-electron chi connectivity index (χ2n) is 2.26. The molecule has 0 aliphatic heterocycles. The van der Waals surface area contributed by atoms with Gasteiger partial charge in [0.1, 0.15) is 0 Å². The van der Waals surface area contributed by atoms with Crippen molar-refractivity contribution in [3.63, 3.8) is 0 Å². The van der Waals surface area contributed by atoms with Crippen molar-refractivity contribution in [3.8, 4) is 0 Å². The van der Waals surface area contributed by atoms with Crippen LogP contribution in [0.4, 0.5) is 0 Å². The molecule has 1 nitrogen and oxygen atoms in total. The second kappa shape index (κ2) is 10.7. The molecule has 0 heterocycles. The van der Waals surface area contributed by atoms with Gasteiger partial charge in [-0.3, -0.25) is 0 Å². The lowest BCUT2D eigenvalue weighted by atomic mass is 10.5. The lowest BCUT2D eigenvalue weighted by Crippen LogP contribution is -1.96. The minimum atomic E-state index is 0.912. The standard InChI is InChI=1S/C8H18OS2/c1-3-5-9-6-8-11-10-7-4-2/h3-8H2,1-2H3. The number of rotatable bonds is 8.